The van der Waals surface area contributed by atoms with Crippen molar-refractivity contribution in [2.45, 2.75) is 38.0 Å². The van der Waals surface area contributed by atoms with Gasteiger partial charge in [-0.3, -0.25) is 4.90 Å². The molecule has 0 aliphatic rings. The Hall–Kier alpha value is -1.07. The summed E-state index contributed by atoms with van der Waals surface area (Å²) in [6, 6.07) is 7.01. The Balaban J connectivity index is 2.65. The number of benzene rings is 1. The SMILES string of the molecule is CCC(N)C(N(C)CCc1ccccc1)C(F)(F)F. The summed E-state index contributed by atoms with van der Waals surface area (Å²) < 4.78 is 39.0. The van der Waals surface area contributed by atoms with Gasteiger partial charge in [-0.15, -0.1) is 0 Å². The van der Waals surface area contributed by atoms with E-state index >= 15 is 0 Å². The van der Waals surface area contributed by atoms with Crippen LogP contribution in [-0.4, -0.2) is 36.8 Å². The van der Waals surface area contributed by atoms with Gasteiger partial charge in [0, 0.05) is 12.6 Å². The van der Waals surface area contributed by atoms with Crippen LogP contribution < -0.4 is 5.73 Å². The quantitative estimate of drug-likeness (QED) is 0.864. The van der Waals surface area contributed by atoms with Crippen molar-refractivity contribution >= 4 is 0 Å². The van der Waals surface area contributed by atoms with Crippen LogP contribution in [0.5, 0.6) is 0 Å². The molecule has 1 rings (SSSR count). The van der Waals surface area contributed by atoms with E-state index in [9.17, 15) is 13.2 Å². The maximum Gasteiger partial charge on any atom is 0.405 e. The molecule has 0 aliphatic heterocycles. The average molecular weight is 274 g/mol. The first kappa shape index (κ1) is 16.0. The summed E-state index contributed by atoms with van der Waals surface area (Å²) in [5.74, 6) is 0. The lowest BCUT2D eigenvalue weighted by Gasteiger charge is -2.33. The molecule has 0 aromatic heterocycles. The molecular weight excluding hydrogens is 253 g/mol. The highest BCUT2D eigenvalue weighted by molar-refractivity contribution is 5.14. The second-order valence-electron chi connectivity index (χ2n) is 4.77. The molecule has 0 bridgehead atoms. The molecule has 2 N–H and O–H groups in total. The third-order valence-electron chi connectivity index (χ3n) is 3.28. The minimum absolute atomic E-state index is 0.305. The van der Waals surface area contributed by atoms with Crippen LogP contribution in [0.3, 0.4) is 0 Å². The van der Waals surface area contributed by atoms with Gasteiger partial charge in [-0.1, -0.05) is 37.3 Å². The zero-order valence-corrected chi connectivity index (χ0v) is 11.3. The van der Waals surface area contributed by atoms with Gasteiger partial charge in [0.2, 0.25) is 0 Å². The van der Waals surface area contributed by atoms with E-state index in [1.54, 1.807) is 6.92 Å². The van der Waals surface area contributed by atoms with E-state index in [0.717, 1.165) is 5.56 Å². The van der Waals surface area contributed by atoms with Gasteiger partial charge >= 0.3 is 6.18 Å². The zero-order chi connectivity index (χ0) is 14.5. The molecule has 0 spiro atoms. The van der Waals surface area contributed by atoms with Crippen LogP contribution in [0.25, 0.3) is 0 Å². The Morgan fingerprint density at radius 2 is 1.79 bits per heavy atom. The van der Waals surface area contributed by atoms with E-state index in [4.69, 9.17) is 5.73 Å². The van der Waals surface area contributed by atoms with Crippen molar-refractivity contribution in [2.24, 2.45) is 5.73 Å². The third kappa shape index (κ3) is 4.84. The largest absolute Gasteiger partial charge is 0.405 e. The van der Waals surface area contributed by atoms with E-state index in [1.807, 2.05) is 30.3 Å². The van der Waals surface area contributed by atoms with Gasteiger partial charge in [-0.25, -0.2) is 0 Å². The van der Waals surface area contributed by atoms with Crippen LogP contribution in [0.4, 0.5) is 13.2 Å². The van der Waals surface area contributed by atoms with Gasteiger partial charge in [0.1, 0.15) is 6.04 Å². The highest BCUT2D eigenvalue weighted by atomic mass is 19.4. The topological polar surface area (TPSA) is 29.3 Å². The maximum absolute atomic E-state index is 13.0. The molecule has 0 radical (unpaired) electrons. The number of halogens is 3. The second-order valence-corrected chi connectivity index (χ2v) is 4.77. The van der Waals surface area contributed by atoms with Crippen molar-refractivity contribution < 1.29 is 13.2 Å². The Morgan fingerprint density at radius 3 is 2.26 bits per heavy atom. The first-order valence-corrected chi connectivity index (χ1v) is 6.42. The molecule has 2 nitrogen and oxygen atoms in total. The summed E-state index contributed by atoms with van der Waals surface area (Å²) in [6.07, 6.45) is -3.40. The lowest BCUT2D eigenvalue weighted by Crippen LogP contribution is -2.55. The van der Waals surface area contributed by atoms with Crippen LogP contribution >= 0.6 is 0 Å². The molecule has 0 heterocycles. The fourth-order valence-corrected chi connectivity index (χ4v) is 2.13. The Bertz CT molecular complexity index is 365. The molecular formula is C14H21F3N2. The predicted molar refractivity (Wildman–Crippen MR) is 70.9 cm³/mol. The Labute approximate surface area is 112 Å². The number of nitrogens with two attached hydrogens (primary N) is 1. The first-order chi connectivity index (χ1) is 8.86. The summed E-state index contributed by atoms with van der Waals surface area (Å²) in [7, 11) is 1.48. The second kappa shape index (κ2) is 6.91. The fraction of sp³-hybridized carbons (Fsp3) is 0.571. The van der Waals surface area contributed by atoms with Crippen molar-refractivity contribution in [1.29, 1.82) is 0 Å². The number of rotatable bonds is 6. The number of nitrogens with zero attached hydrogens (tertiary/aromatic N) is 1. The van der Waals surface area contributed by atoms with Crippen LogP contribution in [-0.2, 0) is 6.42 Å². The summed E-state index contributed by atoms with van der Waals surface area (Å²) in [5.41, 5.74) is 6.64. The summed E-state index contributed by atoms with van der Waals surface area (Å²) in [5, 5.41) is 0. The molecule has 108 valence electrons. The Morgan fingerprint density at radius 1 is 1.21 bits per heavy atom. The molecule has 0 fully saturated rings. The molecule has 1 aromatic rings. The van der Waals surface area contributed by atoms with Crippen molar-refractivity contribution in [3.05, 3.63) is 35.9 Å². The van der Waals surface area contributed by atoms with Crippen molar-refractivity contribution in [3.63, 3.8) is 0 Å². The number of likely N-dealkylation sites (N-methyl/N-ethyl adjacent to an activating group) is 1. The number of hydrogen-bond acceptors (Lipinski definition) is 2. The normalized spacial score (nSPS) is 15.5. The minimum Gasteiger partial charge on any atom is -0.326 e. The molecule has 2 atom stereocenters. The van der Waals surface area contributed by atoms with Crippen molar-refractivity contribution in [2.75, 3.05) is 13.6 Å². The summed E-state index contributed by atoms with van der Waals surface area (Å²) >= 11 is 0. The molecule has 5 heteroatoms. The minimum atomic E-state index is -4.29. The fourth-order valence-electron chi connectivity index (χ4n) is 2.13. The third-order valence-corrected chi connectivity index (χ3v) is 3.28. The van der Waals surface area contributed by atoms with E-state index in [2.05, 4.69) is 0 Å². The van der Waals surface area contributed by atoms with Gasteiger partial charge in [0.05, 0.1) is 0 Å². The summed E-state index contributed by atoms with van der Waals surface area (Å²) in [6.45, 7) is 2.01. The highest BCUT2D eigenvalue weighted by Gasteiger charge is 2.45. The smallest absolute Gasteiger partial charge is 0.326 e. The van der Waals surface area contributed by atoms with E-state index in [-0.39, 0.29) is 0 Å². The van der Waals surface area contributed by atoms with Crippen molar-refractivity contribution in [3.8, 4) is 0 Å². The number of alkyl halides is 3. The van der Waals surface area contributed by atoms with E-state index in [0.29, 0.717) is 19.4 Å². The van der Waals surface area contributed by atoms with Crippen LogP contribution in [0.1, 0.15) is 18.9 Å². The predicted octanol–water partition coefficient (Wildman–Crippen LogP) is 2.83. The van der Waals surface area contributed by atoms with Gasteiger partial charge in [0.25, 0.3) is 0 Å². The Kier molecular flexibility index (Phi) is 5.82. The molecule has 0 saturated carbocycles. The van der Waals surface area contributed by atoms with Gasteiger partial charge in [-0.2, -0.15) is 13.2 Å². The van der Waals surface area contributed by atoms with Gasteiger partial charge < -0.3 is 5.73 Å². The molecule has 2 unspecified atom stereocenters. The molecule has 1 aromatic carbocycles. The van der Waals surface area contributed by atoms with Gasteiger partial charge in [0.15, 0.2) is 0 Å². The molecule has 0 aliphatic carbocycles. The molecule has 0 amide bonds. The average Bonchev–Trinajstić information content (AvgIpc) is 2.36. The molecule has 0 saturated heterocycles. The van der Waals surface area contributed by atoms with E-state index < -0.39 is 18.3 Å². The monoisotopic (exact) mass is 274 g/mol. The first-order valence-electron chi connectivity index (χ1n) is 6.42. The number of hydrogen-bond donors (Lipinski definition) is 1. The standard InChI is InChI=1S/C14H21F3N2/c1-3-12(18)13(14(15,16)17)19(2)10-9-11-7-5-4-6-8-11/h4-8,12-13H,3,9-10,18H2,1-2H3. The van der Waals surface area contributed by atoms with Crippen LogP contribution in [0.2, 0.25) is 0 Å². The lowest BCUT2D eigenvalue weighted by atomic mass is 10.0. The molecule has 19 heavy (non-hydrogen) atoms. The highest BCUT2D eigenvalue weighted by Crippen LogP contribution is 2.27. The van der Waals surface area contributed by atoms with Crippen molar-refractivity contribution in [1.82, 2.24) is 4.90 Å². The zero-order valence-electron chi connectivity index (χ0n) is 11.3. The van der Waals surface area contributed by atoms with Crippen LogP contribution in [0.15, 0.2) is 30.3 Å². The maximum atomic E-state index is 13.0. The lowest BCUT2D eigenvalue weighted by molar-refractivity contribution is -0.185. The van der Waals surface area contributed by atoms with Crippen LogP contribution in [0, 0.1) is 0 Å². The van der Waals surface area contributed by atoms with E-state index in [1.165, 1.54) is 11.9 Å². The van der Waals surface area contributed by atoms with Gasteiger partial charge in [-0.05, 0) is 25.5 Å². The summed E-state index contributed by atoms with van der Waals surface area (Å²) in [4.78, 5) is 1.31.